The van der Waals surface area contributed by atoms with E-state index in [4.69, 9.17) is 15.2 Å². The van der Waals surface area contributed by atoms with E-state index < -0.39 is 36.0 Å². The van der Waals surface area contributed by atoms with E-state index in [9.17, 15) is 19.5 Å². The first-order valence-corrected chi connectivity index (χ1v) is 16.3. The van der Waals surface area contributed by atoms with Crippen LogP contribution in [0.3, 0.4) is 0 Å². The van der Waals surface area contributed by atoms with Gasteiger partial charge in [0, 0.05) is 18.3 Å². The minimum atomic E-state index is -1.83. The number of carbonyl (C=O) groups excluding carboxylic acids is 2. The molecule has 1 amide bonds. The zero-order valence-electron chi connectivity index (χ0n) is 26.8. The molecule has 0 unspecified atom stereocenters. The third-order valence-corrected chi connectivity index (χ3v) is 9.57. The Morgan fingerprint density at radius 1 is 0.633 bits per heavy atom. The molecule has 0 heterocycles. The van der Waals surface area contributed by atoms with Gasteiger partial charge in [-0.25, -0.2) is 4.79 Å². The van der Waals surface area contributed by atoms with Gasteiger partial charge in [-0.2, -0.15) is 0 Å². The van der Waals surface area contributed by atoms with E-state index >= 15 is 0 Å². The van der Waals surface area contributed by atoms with Gasteiger partial charge < -0.3 is 25.6 Å². The monoisotopic (exact) mass is 652 g/mol. The van der Waals surface area contributed by atoms with Crippen LogP contribution >= 0.6 is 0 Å². The lowest BCUT2D eigenvalue weighted by atomic mass is 9.87. The number of esters is 1. The Hall–Kier alpha value is -5.73. The highest BCUT2D eigenvalue weighted by molar-refractivity contribution is 5.82. The molecule has 0 aromatic heterocycles. The summed E-state index contributed by atoms with van der Waals surface area (Å²) in [4.78, 5) is 39.3. The Bertz CT molecular complexity index is 1940. The van der Waals surface area contributed by atoms with Crippen molar-refractivity contribution >= 4 is 18.0 Å². The van der Waals surface area contributed by atoms with Gasteiger partial charge in [0.25, 0.3) is 0 Å². The fourth-order valence-electron chi connectivity index (χ4n) is 7.37. The number of ether oxygens (including phenoxy) is 2. The lowest BCUT2D eigenvalue weighted by molar-refractivity contribution is -0.147. The van der Waals surface area contributed by atoms with Gasteiger partial charge in [-0.1, -0.05) is 127 Å². The standard InChI is InChI=1S/C41H36N2O6/c42-41(23-38(44)45,43-40(47)49-25-37-33-20-10-6-16-29(33)30-17-7-11-21-34(30)37)22-35(26-12-2-1-3-13-26)39(46)48-24-36-31-18-8-4-14-27(31)28-15-5-9-19-32(28)36/h1-21,35-37H,22-25,42H2,(H,43,47)(H,44,45)/t35-,41-/m1/s1. The van der Waals surface area contributed by atoms with Gasteiger partial charge in [-0.15, -0.1) is 0 Å². The maximum atomic E-state index is 13.9. The van der Waals surface area contributed by atoms with Crippen LogP contribution in [0.2, 0.25) is 0 Å². The average Bonchev–Trinajstić information content (AvgIpc) is 3.61. The molecular weight excluding hydrogens is 616 g/mol. The van der Waals surface area contributed by atoms with Crippen molar-refractivity contribution in [1.29, 1.82) is 0 Å². The average molecular weight is 653 g/mol. The molecule has 0 saturated carbocycles. The molecule has 0 spiro atoms. The van der Waals surface area contributed by atoms with Crippen molar-refractivity contribution in [3.8, 4) is 22.3 Å². The molecular formula is C41H36N2O6. The number of carbonyl (C=O) groups is 3. The Balaban J connectivity index is 1.08. The first-order chi connectivity index (χ1) is 23.8. The fourth-order valence-corrected chi connectivity index (χ4v) is 7.37. The number of rotatable bonds is 11. The van der Waals surface area contributed by atoms with Crippen LogP contribution < -0.4 is 11.1 Å². The number of fused-ring (bicyclic) bond motifs is 6. The van der Waals surface area contributed by atoms with E-state index in [2.05, 4.69) is 17.4 Å². The summed E-state index contributed by atoms with van der Waals surface area (Å²) in [5, 5.41) is 12.5. The SMILES string of the molecule is N[C@](CC(=O)O)(C[C@@H](C(=O)OCC1c2ccccc2-c2ccccc21)c1ccccc1)NC(=O)OCC1c2ccccc2-c2ccccc21. The lowest BCUT2D eigenvalue weighted by Crippen LogP contribution is -2.58. The first-order valence-electron chi connectivity index (χ1n) is 16.3. The van der Waals surface area contributed by atoms with Crippen LogP contribution in [0.4, 0.5) is 4.79 Å². The van der Waals surface area contributed by atoms with Crippen molar-refractivity contribution < 1.29 is 29.0 Å². The number of amides is 1. The van der Waals surface area contributed by atoms with Crippen LogP contribution in [-0.4, -0.2) is 42.0 Å². The van der Waals surface area contributed by atoms with Gasteiger partial charge in [0.1, 0.15) is 18.9 Å². The molecule has 8 heteroatoms. The smallest absolute Gasteiger partial charge is 0.408 e. The highest BCUT2D eigenvalue weighted by Crippen LogP contribution is 2.46. The third kappa shape index (κ3) is 6.43. The van der Waals surface area contributed by atoms with E-state index in [1.54, 1.807) is 24.3 Å². The Morgan fingerprint density at radius 2 is 1.04 bits per heavy atom. The molecule has 49 heavy (non-hydrogen) atoms. The predicted molar refractivity (Wildman–Crippen MR) is 186 cm³/mol. The van der Waals surface area contributed by atoms with Crippen molar-refractivity contribution in [2.75, 3.05) is 13.2 Å². The molecule has 0 bridgehead atoms. The number of alkyl carbamates (subject to hydrolysis) is 1. The lowest BCUT2D eigenvalue weighted by Gasteiger charge is -2.32. The minimum Gasteiger partial charge on any atom is -0.481 e. The zero-order chi connectivity index (χ0) is 34.0. The Labute approximate surface area is 284 Å². The van der Waals surface area contributed by atoms with Gasteiger partial charge in [0.05, 0.1) is 12.3 Å². The summed E-state index contributed by atoms with van der Waals surface area (Å²) in [7, 11) is 0. The van der Waals surface area contributed by atoms with Gasteiger partial charge in [0.15, 0.2) is 0 Å². The number of carboxylic acids is 1. The predicted octanol–water partition coefficient (Wildman–Crippen LogP) is 7.18. The number of hydrogen-bond acceptors (Lipinski definition) is 6. The Morgan fingerprint density at radius 3 is 1.49 bits per heavy atom. The minimum absolute atomic E-state index is 0.0253. The summed E-state index contributed by atoms with van der Waals surface area (Å²) >= 11 is 0. The highest BCUT2D eigenvalue weighted by atomic mass is 16.5. The van der Waals surface area contributed by atoms with E-state index in [1.807, 2.05) is 91.0 Å². The highest BCUT2D eigenvalue weighted by Gasteiger charge is 2.39. The Kier molecular flexibility index (Phi) is 8.72. The van der Waals surface area contributed by atoms with Crippen molar-refractivity contribution in [3.05, 3.63) is 155 Å². The molecule has 2 aliphatic carbocycles. The van der Waals surface area contributed by atoms with Gasteiger partial charge in [-0.05, 0) is 50.1 Å². The summed E-state index contributed by atoms with van der Waals surface area (Å²) in [6, 6.07) is 41.0. The second kappa shape index (κ2) is 13.4. The number of benzene rings is 5. The largest absolute Gasteiger partial charge is 0.481 e. The van der Waals surface area contributed by atoms with Gasteiger partial charge in [-0.3, -0.25) is 9.59 Å². The number of nitrogens with one attached hydrogen (secondary N) is 1. The molecule has 5 aromatic carbocycles. The molecule has 8 nitrogen and oxygen atoms in total. The zero-order valence-corrected chi connectivity index (χ0v) is 26.8. The number of aliphatic carboxylic acids is 1. The van der Waals surface area contributed by atoms with E-state index in [-0.39, 0.29) is 31.5 Å². The molecule has 0 radical (unpaired) electrons. The van der Waals surface area contributed by atoms with Crippen LogP contribution in [-0.2, 0) is 19.1 Å². The quantitative estimate of drug-likeness (QED) is 0.102. The molecule has 2 atom stereocenters. The first kappa shape index (κ1) is 31.8. The molecule has 0 fully saturated rings. The molecule has 0 aliphatic heterocycles. The van der Waals surface area contributed by atoms with Gasteiger partial charge in [0.2, 0.25) is 0 Å². The summed E-state index contributed by atoms with van der Waals surface area (Å²) < 4.78 is 11.7. The fraction of sp³-hybridized carbons (Fsp3) is 0.195. The molecule has 0 saturated heterocycles. The van der Waals surface area contributed by atoms with E-state index in [0.29, 0.717) is 5.56 Å². The van der Waals surface area contributed by atoms with E-state index in [0.717, 1.165) is 44.5 Å². The van der Waals surface area contributed by atoms with Crippen LogP contribution in [0.1, 0.15) is 58.4 Å². The maximum Gasteiger partial charge on any atom is 0.408 e. The van der Waals surface area contributed by atoms with Crippen LogP contribution in [0.25, 0.3) is 22.3 Å². The molecule has 5 aromatic rings. The second-order valence-electron chi connectivity index (χ2n) is 12.7. The van der Waals surface area contributed by atoms with Crippen molar-refractivity contribution in [3.63, 3.8) is 0 Å². The topological polar surface area (TPSA) is 128 Å². The summed E-state index contributed by atoms with van der Waals surface area (Å²) in [5.41, 5.74) is 14.0. The molecule has 246 valence electrons. The van der Waals surface area contributed by atoms with Crippen molar-refractivity contribution in [2.45, 2.75) is 36.3 Å². The number of hydrogen-bond donors (Lipinski definition) is 3. The number of carboxylic acid groups (broad SMARTS) is 1. The molecule has 7 rings (SSSR count). The number of nitrogens with two attached hydrogens (primary N) is 1. The summed E-state index contributed by atoms with van der Waals surface area (Å²) in [5.74, 6) is -3.12. The van der Waals surface area contributed by atoms with Crippen LogP contribution in [0.15, 0.2) is 127 Å². The van der Waals surface area contributed by atoms with Crippen LogP contribution in [0, 0.1) is 0 Å². The van der Waals surface area contributed by atoms with Crippen molar-refractivity contribution in [2.24, 2.45) is 5.73 Å². The summed E-state index contributed by atoms with van der Waals surface area (Å²) in [6.45, 7) is 0.115. The maximum absolute atomic E-state index is 13.9. The van der Waals surface area contributed by atoms with E-state index in [1.165, 1.54) is 0 Å². The second-order valence-corrected chi connectivity index (χ2v) is 12.7. The third-order valence-electron chi connectivity index (χ3n) is 9.57. The van der Waals surface area contributed by atoms with Crippen LogP contribution in [0.5, 0.6) is 0 Å². The molecule has 4 N–H and O–H groups in total. The van der Waals surface area contributed by atoms with Gasteiger partial charge >= 0.3 is 18.0 Å². The normalized spacial score (nSPS) is 14.8. The summed E-state index contributed by atoms with van der Waals surface area (Å²) in [6.07, 6.45) is -1.74. The van der Waals surface area contributed by atoms with Crippen molar-refractivity contribution in [1.82, 2.24) is 5.32 Å². The molecule has 2 aliphatic rings.